The van der Waals surface area contributed by atoms with Gasteiger partial charge in [0.2, 0.25) is 0 Å². The molecule has 1 aromatic heterocycles. The molecule has 94 valence electrons. The van der Waals surface area contributed by atoms with Gasteiger partial charge in [0.05, 0.1) is 11.8 Å². The molecule has 2 aromatic carbocycles. The number of nitrogens with two attached hydrogens (primary N) is 1. The number of hydrogen-bond donors (Lipinski definition) is 2. The van der Waals surface area contributed by atoms with Crippen LogP contribution < -0.4 is 5.73 Å². The van der Waals surface area contributed by atoms with Gasteiger partial charge in [-0.3, -0.25) is 0 Å². The minimum absolute atomic E-state index is 0.119. The molecule has 3 rings (SSSR count). The minimum atomic E-state index is -1.02. The summed E-state index contributed by atoms with van der Waals surface area (Å²) in [4.78, 5) is 10.9. The fourth-order valence-corrected chi connectivity index (χ4v) is 2.08. The van der Waals surface area contributed by atoms with E-state index in [1.807, 2.05) is 24.3 Å². The number of fused-ring (bicyclic) bond motifs is 1. The fourth-order valence-electron chi connectivity index (χ4n) is 2.08. The molecule has 4 nitrogen and oxygen atoms in total. The highest BCUT2D eigenvalue weighted by molar-refractivity contribution is 5.95. The van der Waals surface area contributed by atoms with Crippen molar-refractivity contribution < 1.29 is 14.3 Å². The van der Waals surface area contributed by atoms with Gasteiger partial charge in [-0.1, -0.05) is 12.1 Å². The highest BCUT2D eigenvalue weighted by atomic mass is 16.4. The number of carboxylic acid groups (broad SMARTS) is 1. The smallest absolute Gasteiger partial charge is 0.337 e. The summed E-state index contributed by atoms with van der Waals surface area (Å²) >= 11 is 0. The average molecular weight is 253 g/mol. The van der Waals surface area contributed by atoms with E-state index < -0.39 is 5.97 Å². The van der Waals surface area contributed by atoms with Crippen molar-refractivity contribution in [3.8, 4) is 11.1 Å². The van der Waals surface area contributed by atoms with Crippen LogP contribution in [-0.4, -0.2) is 11.1 Å². The SMILES string of the molecule is Nc1cc(-c2ccc3occc3c2)ccc1C(=O)O. The lowest BCUT2D eigenvalue weighted by Gasteiger charge is -2.05. The molecule has 4 heteroatoms. The largest absolute Gasteiger partial charge is 0.478 e. The van der Waals surface area contributed by atoms with Crippen LogP contribution in [0.4, 0.5) is 5.69 Å². The molecule has 0 aliphatic heterocycles. The molecule has 0 spiro atoms. The van der Waals surface area contributed by atoms with Crippen molar-refractivity contribution >= 4 is 22.6 Å². The summed E-state index contributed by atoms with van der Waals surface area (Å²) in [5.74, 6) is -1.02. The molecular formula is C15H11NO3. The van der Waals surface area contributed by atoms with Gasteiger partial charge in [-0.05, 0) is 41.5 Å². The number of furan rings is 1. The Kier molecular flexibility index (Phi) is 2.49. The van der Waals surface area contributed by atoms with E-state index in [2.05, 4.69) is 0 Å². The number of rotatable bonds is 2. The van der Waals surface area contributed by atoms with Gasteiger partial charge in [0.25, 0.3) is 0 Å². The zero-order valence-electron chi connectivity index (χ0n) is 9.96. The predicted octanol–water partition coefficient (Wildman–Crippen LogP) is 3.38. The van der Waals surface area contributed by atoms with E-state index in [-0.39, 0.29) is 11.3 Å². The minimum Gasteiger partial charge on any atom is -0.478 e. The molecule has 0 fully saturated rings. The molecule has 0 atom stereocenters. The van der Waals surface area contributed by atoms with Crippen molar-refractivity contribution in [2.45, 2.75) is 0 Å². The highest BCUT2D eigenvalue weighted by Crippen LogP contribution is 2.27. The second-order valence-electron chi connectivity index (χ2n) is 4.28. The van der Waals surface area contributed by atoms with E-state index in [0.717, 1.165) is 22.1 Å². The van der Waals surface area contributed by atoms with E-state index in [4.69, 9.17) is 15.3 Å². The van der Waals surface area contributed by atoms with Crippen molar-refractivity contribution in [2.75, 3.05) is 5.73 Å². The van der Waals surface area contributed by atoms with E-state index in [1.165, 1.54) is 6.07 Å². The van der Waals surface area contributed by atoms with Crippen molar-refractivity contribution in [1.82, 2.24) is 0 Å². The molecular weight excluding hydrogens is 242 g/mol. The van der Waals surface area contributed by atoms with Gasteiger partial charge in [-0.25, -0.2) is 4.79 Å². The van der Waals surface area contributed by atoms with Crippen molar-refractivity contribution in [3.05, 3.63) is 54.3 Å². The molecule has 0 unspecified atom stereocenters. The molecule has 0 saturated heterocycles. The molecule has 3 aromatic rings. The Hall–Kier alpha value is -2.75. The van der Waals surface area contributed by atoms with Crippen molar-refractivity contribution in [2.24, 2.45) is 0 Å². The van der Waals surface area contributed by atoms with Crippen LogP contribution in [0.5, 0.6) is 0 Å². The maximum atomic E-state index is 10.9. The lowest BCUT2D eigenvalue weighted by molar-refractivity contribution is 0.0698. The summed E-state index contributed by atoms with van der Waals surface area (Å²) in [6.07, 6.45) is 1.64. The Morgan fingerprint density at radius 2 is 1.79 bits per heavy atom. The topological polar surface area (TPSA) is 76.5 Å². The highest BCUT2D eigenvalue weighted by Gasteiger charge is 2.09. The number of anilines is 1. The monoisotopic (exact) mass is 253 g/mol. The van der Waals surface area contributed by atoms with Gasteiger partial charge in [0.1, 0.15) is 5.58 Å². The Labute approximate surface area is 109 Å². The standard InChI is InChI=1S/C15H11NO3/c16-13-8-10(1-3-12(13)15(17)18)9-2-4-14-11(7-9)5-6-19-14/h1-8H,16H2,(H,17,18). The van der Waals surface area contributed by atoms with Gasteiger partial charge in [0.15, 0.2) is 0 Å². The van der Waals surface area contributed by atoms with Gasteiger partial charge >= 0.3 is 5.97 Å². The number of carbonyl (C=O) groups is 1. The second-order valence-corrected chi connectivity index (χ2v) is 4.28. The second kappa shape index (κ2) is 4.17. The van der Waals surface area contributed by atoms with Crippen LogP contribution in [0, 0.1) is 0 Å². The summed E-state index contributed by atoms with van der Waals surface area (Å²) in [6, 6.07) is 12.6. The van der Waals surface area contributed by atoms with Gasteiger partial charge in [-0.15, -0.1) is 0 Å². The first-order chi connectivity index (χ1) is 9.15. The molecule has 0 bridgehead atoms. The molecule has 0 amide bonds. The van der Waals surface area contributed by atoms with Crippen LogP contribution in [0.15, 0.2) is 53.1 Å². The fraction of sp³-hybridized carbons (Fsp3) is 0. The number of hydrogen-bond acceptors (Lipinski definition) is 3. The van der Waals surface area contributed by atoms with Crippen LogP contribution in [0.1, 0.15) is 10.4 Å². The summed E-state index contributed by atoms with van der Waals surface area (Å²) in [6.45, 7) is 0. The first kappa shape index (κ1) is 11.3. The molecule has 0 aliphatic carbocycles. The van der Waals surface area contributed by atoms with Crippen molar-refractivity contribution in [3.63, 3.8) is 0 Å². The molecule has 0 saturated carbocycles. The maximum Gasteiger partial charge on any atom is 0.337 e. The van der Waals surface area contributed by atoms with Crippen molar-refractivity contribution in [1.29, 1.82) is 0 Å². The maximum absolute atomic E-state index is 10.9. The molecule has 0 aliphatic rings. The predicted molar refractivity (Wildman–Crippen MR) is 73.0 cm³/mol. The van der Waals surface area contributed by atoms with E-state index in [1.54, 1.807) is 18.4 Å². The van der Waals surface area contributed by atoms with Crippen LogP contribution in [0.3, 0.4) is 0 Å². The lowest BCUT2D eigenvalue weighted by atomic mass is 10.0. The third kappa shape index (κ3) is 1.93. The Bertz CT molecular complexity index is 774. The van der Waals surface area contributed by atoms with Crippen LogP contribution >= 0.6 is 0 Å². The third-order valence-corrected chi connectivity index (χ3v) is 3.07. The zero-order chi connectivity index (χ0) is 13.4. The summed E-state index contributed by atoms with van der Waals surface area (Å²) in [7, 11) is 0. The van der Waals surface area contributed by atoms with Gasteiger partial charge in [-0.2, -0.15) is 0 Å². The Balaban J connectivity index is 2.10. The summed E-state index contributed by atoms with van der Waals surface area (Å²) in [5, 5.41) is 9.95. The average Bonchev–Trinajstić information content (AvgIpc) is 2.85. The molecule has 3 N–H and O–H groups in total. The Morgan fingerprint density at radius 1 is 1.05 bits per heavy atom. The normalized spacial score (nSPS) is 10.7. The Morgan fingerprint density at radius 3 is 2.53 bits per heavy atom. The number of nitrogen functional groups attached to an aromatic ring is 1. The third-order valence-electron chi connectivity index (χ3n) is 3.07. The van der Waals surface area contributed by atoms with Crippen LogP contribution in [0.2, 0.25) is 0 Å². The van der Waals surface area contributed by atoms with E-state index in [9.17, 15) is 4.79 Å². The summed E-state index contributed by atoms with van der Waals surface area (Å²) in [5.41, 5.74) is 8.80. The first-order valence-electron chi connectivity index (χ1n) is 5.75. The van der Waals surface area contributed by atoms with Gasteiger partial charge in [0, 0.05) is 11.1 Å². The molecule has 1 heterocycles. The number of aromatic carboxylic acids is 1. The quantitative estimate of drug-likeness (QED) is 0.686. The van der Waals surface area contributed by atoms with Crippen LogP contribution in [0.25, 0.3) is 22.1 Å². The zero-order valence-corrected chi connectivity index (χ0v) is 9.96. The number of benzene rings is 2. The van der Waals surface area contributed by atoms with Gasteiger partial charge < -0.3 is 15.3 Å². The number of carboxylic acids is 1. The first-order valence-corrected chi connectivity index (χ1v) is 5.75. The van der Waals surface area contributed by atoms with Crippen LogP contribution in [-0.2, 0) is 0 Å². The van der Waals surface area contributed by atoms with E-state index in [0.29, 0.717) is 0 Å². The lowest BCUT2D eigenvalue weighted by Crippen LogP contribution is -2.02. The molecule has 0 radical (unpaired) electrons. The van der Waals surface area contributed by atoms with E-state index >= 15 is 0 Å². The molecule has 19 heavy (non-hydrogen) atoms. The summed E-state index contributed by atoms with van der Waals surface area (Å²) < 4.78 is 5.28.